The molecule has 1 aliphatic carbocycles. The van der Waals surface area contributed by atoms with Gasteiger partial charge in [0.25, 0.3) is 0 Å². The number of aryl methyl sites for hydroxylation is 1. The Hall–Kier alpha value is -0.750. The van der Waals surface area contributed by atoms with Crippen molar-refractivity contribution in [2.75, 3.05) is 14.1 Å². The number of aromatic nitrogens is 3. The summed E-state index contributed by atoms with van der Waals surface area (Å²) in [5.74, 6) is 0.138. The van der Waals surface area contributed by atoms with Gasteiger partial charge in [-0.3, -0.25) is 9.69 Å². The van der Waals surface area contributed by atoms with Crippen molar-refractivity contribution >= 4 is 21.7 Å². The molecule has 6 heteroatoms. The highest BCUT2D eigenvalue weighted by Crippen LogP contribution is 2.35. The van der Waals surface area contributed by atoms with Crippen molar-refractivity contribution in [3.05, 3.63) is 10.3 Å². The van der Waals surface area contributed by atoms with Crippen LogP contribution in [0.2, 0.25) is 0 Å². The van der Waals surface area contributed by atoms with Crippen molar-refractivity contribution in [3.8, 4) is 0 Å². The van der Waals surface area contributed by atoms with Crippen LogP contribution in [0.15, 0.2) is 4.60 Å². The minimum atomic E-state index is -0.408. The third-order valence-corrected chi connectivity index (χ3v) is 4.74. The number of hydrogen-bond donors (Lipinski definition) is 0. The maximum absolute atomic E-state index is 13.0. The normalized spacial score (nSPS) is 19.4. The van der Waals surface area contributed by atoms with E-state index in [1.54, 1.807) is 11.7 Å². The maximum Gasteiger partial charge on any atom is 0.203 e. The van der Waals surface area contributed by atoms with Crippen molar-refractivity contribution in [1.82, 2.24) is 19.9 Å². The van der Waals surface area contributed by atoms with E-state index in [-0.39, 0.29) is 5.78 Å². The summed E-state index contributed by atoms with van der Waals surface area (Å²) in [5.41, 5.74) is 0.171. The van der Waals surface area contributed by atoms with Crippen molar-refractivity contribution < 1.29 is 4.79 Å². The molecule has 0 spiro atoms. The van der Waals surface area contributed by atoms with Crippen LogP contribution in [0, 0.1) is 0 Å². The highest BCUT2D eigenvalue weighted by molar-refractivity contribution is 9.10. The number of nitrogens with zero attached hydrogens (tertiary/aromatic N) is 4. The lowest BCUT2D eigenvalue weighted by molar-refractivity contribution is 0.0623. The summed E-state index contributed by atoms with van der Waals surface area (Å²) < 4.78 is 2.12. The molecule has 1 aliphatic rings. The Morgan fingerprint density at radius 3 is 2.26 bits per heavy atom. The summed E-state index contributed by atoms with van der Waals surface area (Å²) in [6.45, 7) is 0. The number of ketones is 1. The summed E-state index contributed by atoms with van der Waals surface area (Å²) in [7, 11) is 5.77. The average molecular weight is 329 g/mol. The summed E-state index contributed by atoms with van der Waals surface area (Å²) >= 11 is 3.34. The number of hydrogen-bond acceptors (Lipinski definition) is 4. The van der Waals surface area contributed by atoms with Gasteiger partial charge in [-0.15, -0.1) is 5.10 Å². The Balaban J connectivity index is 2.41. The van der Waals surface area contributed by atoms with Crippen molar-refractivity contribution in [1.29, 1.82) is 0 Å². The summed E-state index contributed by atoms with van der Waals surface area (Å²) in [6.07, 6.45) is 6.47. The molecular formula is C13H21BrN4O. The van der Waals surface area contributed by atoms with Crippen LogP contribution in [0.1, 0.15) is 49.0 Å². The molecule has 0 saturated heterocycles. The fraction of sp³-hybridized carbons (Fsp3) is 0.769. The molecule has 0 unspecified atom stereocenters. The van der Waals surface area contributed by atoms with Gasteiger partial charge in [0.05, 0.1) is 5.54 Å². The number of rotatable bonds is 3. The molecule has 19 heavy (non-hydrogen) atoms. The fourth-order valence-electron chi connectivity index (χ4n) is 2.98. The molecule has 1 heterocycles. The molecule has 1 aromatic rings. The molecule has 1 saturated carbocycles. The number of carbonyl (C=O) groups excluding carboxylic acids is 1. The first-order chi connectivity index (χ1) is 8.99. The van der Waals surface area contributed by atoms with Gasteiger partial charge in [-0.05, 0) is 42.9 Å². The Kier molecular flexibility index (Phi) is 4.40. The van der Waals surface area contributed by atoms with E-state index in [0.29, 0.717) is 10.3 Å². The minimum absolute atomic E-state index is 0.138. The van der Waals surface area contributed by atoms with Crippen LogP contribution in [-0.4, -0.2) is 45.3 Å². The Bertz CT molecular complexity index is 442. The molecule has 0 atom stereocenters. The van der Waals surface area contributed by atoms with Crippen LogP contribution in [-0.2, 0) is 7.05 Å². The second kappa shape index (κ2) is 5.71. The van der Waals surface area contributed by atoms with E-state index in [0.717, 1.165) is 25.7 Å². The SMILES string of the molecule is CN(C)C1(C(=O)c2c(Br)nnn2C)CCCCCC1. The monoisotopic (exact) mass is 328 g/mol. The zero-order valence-corrected chi connectivity index (χ0v) is 13.4. The van der Waals surface area contributed by atoms with E-state index in [1.165, 1.54) is 12.8 Å². The summed E-state index contributed by atoms with van der Waals surface area (Å²) in [6, 6.07) is 0. The van der Waals surface area contributed by atoms with Crippen molar-refractivity contribution in [3.63, 3.8) is 0 Å². The standard InChI is InChI=1S/C13H21BrN4O/c1-17(2)13(8-6-4-5-7-9-13)11(19)10-12(14)15-16-18(10)3/h4-9H2,1-3H3. The largest absolute Gasteiger partial charge is 0.297 e. The fourth-order valence-corrected chi connectivity index (χ4v) is 3.49. The highest BCUT2D eigenvalue weighted by atomic mass is 79.9. The third kappa shape index (κ3) is 2.60. The molecule has 0 aliphatic heterocycles. The predicted molar refractivity (Wildman–Crippen MR) is 77.2 cm³/mol. The van der Waals surface area contributed by atoms with Crippen LogP contribution in [0.3, 0.4) is 0 Å². The average Bonchev–Trinajstić information content (AvgIpc) is 2.58. The molecular weight excluding hydrogens is 308 g/mol. The van der Waals surface area contributed by atoms with Gasteiger partial charge >= 0.3 is 0 Å². The summed E-state index contributed by atoms with van der Waals surface area (Å²) in [5, 5.41) is 7.86. The van der Waals surface area contributed by atoms with Gasteiger partial charge in [0, 0.05) is 7.05 Å². The van der Waals surface area contributed by atoms with E-state index < -0.39 is 5.54 Å². The molecule has 1 aromatic heterocycles. The molecule has 0 N–H and O–H groups in total. The number of carbonyl (C=O) groups is 1. The lowest BCUT2D eigenvalue weighted by atomic mass is 9.83. The topological polar surface area (TPSA) is 51.0 Å². The molecule has 5 nitrogen and oxygen atoms in total. The molecule has 106 valence electrons. The maximum atomic E-state index is 13.0. The van der Waals surface area contributed by atoms with Crippen LogP contribution in [0.5, 0.6) is 0 Å². The first-order valence-corrected chi connectivity index (χ1v) is 7.56. The van der Waals surface area contributed by atoms with Gasteiger partial charge in [0.2, 0.25) is 5.78 Å². The van der Waals surface area contributed by atoms with Gasteiger partial charge in [0.15, 0.2) is 4.60 Å². The second-order valence-corrected chi connectivity index (χ2v) is 6.27. The molecule has 1 fully saturated rings. The summed E-state index contributed by atoms with van der Waals surface area (Å²) in [4.78, 5) is 15.1. The predicted octanol–water partition coefficient (Wildman–Crippen LogP) is 2.41. The van der Waals surface area contributed by atoms with Crippen molar-refractivity contribution in [2.45, 2.75) is 44.1 Å². The van der Waals surface area contributed by atoms with Gasteiger partial charge in [-0.1, -0.05) is 30.9 Å². The molecule has 0 radical (unpaired) electrons. The Morgan fingerprint density at radius 1 is 1.26 bits per heavy atom. The lowest BCUT2D eigenvalue weighted by Gasteiger charge is -2.37. The first kappa shape index (κ1) is 14.7. The molecule has 0 amide bonds. The van der Waals surface area contributed by atoms with Crippen LogP contribution in [0.25, 0.3) is 0 Å². The van der Waals surface area contributed by atoms with Gasteiger partial charge < -0.3 is 0 Å². The van der Waals surface area contributed by atoms with Gasteiger partial charge in [-0.25, -0.2) is 4.68 Å². The third-order valence-electron chi connectivity index (χ3n) is 4.21. The van der Waals surface area contributed by atoms with Crippen LogP contribution in [0.4, 0.5) is 0 Å². The van der Waals surface area contributed by atoms with Gasteiger partial charge in [-0.2, -0.15) is 0 Å². The number of halogens is 1. The van der Waals surface area contributed by atoms with Gasteiger partial charge in [0.1, 0.15) is 5.69 Å². The lowest BCUT2D eigenvalue weighted by Crippen LogP contribution is -2.51. The van der Waals surface area contributed by atoms with E-state index >= 15 is 0 Å². The molecule has 0 bridgehead atoms. The zero-order chi connectivity index (χ0) is 14.0. The van der Waals surface area contributed by atoms with E-state index in [2.05, 4.69) is 31.1 Å². The van der Waals surface area contributed by atoms with Crippen molar-refractivity contribution in [2.24, 2.45) is 7.05 Å². The smallest absolute Gasteiger partial charge is 0.203 e. The Labute approximate surface area is 122 Å². The Morgan fingerprint density at radius 2 is 1.84 bits per heavy atom. The van der Waals surface area contributed by atoms with E-state index in [1.807, 2.05) is 14.1 Å². The van der Waals surface area contributed by atoms with E-state index in [4.69, 9.17) is 0 Å². The number of Topliss-reactive ketones (excluding diaryl/α,β-unsaturated/α-hetero) is 1. The molecule has 0 aromatic carbocycles. The second-order valence-electron chi connectivity index (χ2n) is 5.52. The number of likely N-dealkylation sites (N-methyl/N-ethyl adjacent to an activating group) is 1. The van der Waals surface area contributed by atoms with Crippen LogP contribution < -0.4 is 0 Å². The van der Waals surface area contributed by atoms with Crippen LogP contribution >= 0.6 is 15.9 Å². The zero-order valence-electron chi connectivity index (χ0n) is 11.8. The quantitative estimate of drug-likeness (QED) is 0.631. The first-order valence-electron chi connectivity index (χ1n) is 6.76. The van der Waals surface area contributed by atoms with E-state index in [9.17, 15) is 4.79 Å². The molecule has 2 rings (SSSR count). The minimum Gasteiger partial charge on any atom is -0.297 e. The highest BCUT2D eigenvalue weighted by Gasteiger charge is 2.43.